The highest BCUT2D eigenvalue weighted by molar-refractivity contribution is 5.11. The highest BCUT2D eigenvalue weighted by Crippen LogP contribution is 2.70. The molecule has 1 atom stereocenters. The van der Waals surface area contributed by atoms with Gasteiger partial charge in [0.1, 0.15) is 0 Å². The van der Waals surface area contributed by atoms with Gasteiger partial charge >= 0.3 is 0 Å². The van der Waals surface area contributed by atoms with Crippen LogP contribution in [0.25, 0.3) is 0 Å². The molecule has 1 rings (SSSR count). The lowest BCUT2D eigenvalue weighted by atomic mass is 9.98. The van der Waals surface area contributed by atoms with Crippen molar-refractivity contribution in [3.63, 3.8) is 0 Å². The second-order valence-electron chi connectivity index (χ2n) is 6.44. The molecule has 0 aromatic rings. The molecule has 1 aliphatic rings. The first-order chi connectivity index (χ1) is 6.34. The Morgan fingerprint density at radius 2 is 1.57 bits per heavy atom. The van der Waals surface area contributed by atoms with Crippen molar-refractivity contribution in [1.29, 1.82) is 0 Å². The molecule has 1 aliphatic carbocycles. The van der Waals surface area contributed by atoms with E-state index in [9.17, 15) is 0 Å². The molecule has 1 unspecified atom stereocenters. The van der Waals surface area contributed by atoms with Gasteiger partial charge in [-0.15, -0.1) is 0 Å². The van der Waals surface area contributed by atoms with Crippen LogP contribution in [-0.4, -0.2) is 0 Å². The van der Waals surface area contributed by atoms with Gasteiger partial charge < -0.3 is 0 Å². The summed E-state index contributed by atoms with van der Waals surface area (Å²) in [6.07, 6.45) is 5.66. The van der Waals surface area contributed by atoms with E-state index in [1.807, 2.05) is 0 Å². The van der Waals surface area contributed by atoms with Crippen LogP contribution < -0.4 is 0 Å². The summed E-state index contributed by atoms with van der Waals surface area (Å²) in [5.41, 5.74) is 1.20. The molecule has 0 amide bonds. The third-order valence-electron chi connectivity index (χ3n) is 5.21. The van der Waals surface area contributed by atoms with E-state index in [2.05, 4.69) is 41.5 Å². The zero-order valence-electron chi connectivity index (χ0n) is 11.0. The summed E-state index contributed by atoms with van der Waals surface area (Å²) in [7, 11) is 0. The van der Waals surface area contributed by atoms with Gasteiger partial charge in [-0.05, 0) is 29.1 Å². The van der Waals surface area contributed by atoms with Gasteiger partial charge in [-0.2, -0.15) is 0 Å². The average molecular weight is 196 g/mol. The minimum Gasteiger partial charge on any atom is -0.0651 e. The Bertz CT molecular complexity index is 174. The fraction of sp³-hybridized carbons (Fsp3) is 1.00. The van der Waals surface area contributed by atoms with Crippen molar-refractivity contribution >= 4 is 0 Å². The van der Waals surface area contributed by atoms with E-state index in [1.54, 1.807) is 0 Å². The standard InChI is InChI=1S/C14H28/c1-7-11(2)9-8-10-12-13(3,4)14(12,5)6/h11-12H,7-10H2,1-6H3. The van der Waals surface area contributed by atoms with Crippen LogP contribution in [0.2, 0.25) is 0 Å². The third kappa shape index (κ3) is 1.99. The highest BCUT2D eigenvalue weighted by Gasteiger charge is 2.63. The van der Waals surface area contributed by atoms with Crippen LogP contribution in [0.15, 0.2) is 0 Å². The van der Waals surface area contributed by atoms with Crippen LogP contribution in [0.1, 0.15) is 67.2 Å². The molecule has 0 heterocycles. The molecule has 0 saturated heterocycles. The minimum atomic E-state index is 0.600. The molecule has 0 aliphatic heterocycles. The van der Waals surface area contributed by atoms with Crippen molar-refractivity contribution in [1.82, 2.24) is 0 Å². The van der Waals surface area contributed by atoms with Crippen molar-refractivity contribution < 1.29 is 0 Å². The van der Waals surface area contributed by atoms with E-state index in [-0.39, 0.29) is 0 Å². The van der Waals surface area contributed by atoms with Crippen LogP contribution in [0.5, 0.6) is 0 Å². The molecule has 1 fully saturated rings. The highest BCUT2D eigenvalue weighted by atomic mass is 14.7. The minimum absolute atomic E-state index is 0.600. The van der Waals surface area contributed by atoms with Crippen molar-refractivity contribution in [3.05, 3.63) is 0 Å². The lowest BCUT2D eigenvalue weighted by Gasteiger charge is -2.08. The maximum Gasteiger partial charge on any atom is -0.0266 e. The van der Waals surface area contributed by atoms with E-state index in [0.29, 0.717) is 10.8 Å². The molecular weight excluding hydrogens is 168 g/mol. The van der Waals surface area contributed by atoms with Gasteiger partial charge in [0.2, 0.25) is 0 Å². The van der Waals surface area contributed by atoms with Crippen molar-refractivity contribution in [2.75, 3.05) is 0 Å². The Labute approximate surface area is 90.5 Å². The largest absolute Gasteiger partial charge is 0.0651 e. The van der Waals surface area contributed by atoms with E-state index in [0.717, 1.165) is 11.8 Å². The summed E-state index contributed by atoms with van der Waals surface area (Å²) < 4.78 is 0. The van der Waals surface area contributed by atoms with E-state index < -0.39 is 0 Å². The molecule has 0 bridgehead atoms. The summed E-state index contributed by atoms with van der Waals surface area (Å²) in [6.45, 7) is 14.4. The molecule has 0 nitrogen and oxygen atoms in total. The zero-order chi connectivity index (χ0) is 11.0. The Balaban J connectivity index is 2.22. The summed E-state index contributed by atoms with van der Waals surface area (Å²) in [4.78, 5) is 0. The molecule has 0 aromatic carbocycles. The summed E-state index contributed by atoms with van der Waals surface area (Å²) >= 11 is 0. The fourth-order valence-corrected chi connectivity index (χ4v) is 2.93. The van der Waals surface area contributed by atoms with Crippen molar-refractivity contribution in [3.8, 4) is 0 Å². The SMILES string of the molecule is CCC(C)CCCC1C(C)(C)C1(C)C. The molecule has 0 spiro atoms. The lowest BCUT2D eigenvalue weighted by molar-refractivity contribution is 0.446. The van der Waals surface area contributed by atoms with E-state index >= 15 is 0 Å². The van der Waals surface area contributed by atoms with Gasteiger partial charge in [0, 0.05) is 0 Å². The van der Waals surface area contributed by atoms with Gasteiger partial charge in [-0.25, -0.2) is 0 Å². The van der Waals surface area contributed by atoms with Crippen LogP contribution in [0.4, 0.5) is 0 Å². The molecule has 0 N–H and O–H groups in total. The number of hydrogen-bond donors (Lipinski definition) is 0. The molecule has 1 saturated carbocycles. The third-order valence-corrected chi connectivity index (χ3v) is 5.21. The lowest BCUT2D eigenvalue weighted by Crippen LogP contribution is -1.95. The quantitative estimate of drug-likeness (QED) is 0.587. The van der Waals surface area contributed by atoms with Crippen LogP contribution in [0, 0.1) is 22.7 Å². The Morgan fingerprint density at radius 1 is 1.07 bits per heavy atom. The molecular formula is C14H28. The molecule has 0 heteroatoms. The summed E-state index contributed by atoms with van der Waals surface area (Å²) in [6, 6.07) is 0. The maximum atomic E-state index is 2.43. The molecule has 0 radical (unpaired) electrons. The number of rotatable bonds is 5. The molecule has 14 heavy (non-hydrogen) atoms. The van der Waals surface area contributed by atoms with Gasteiger partial charge in [0.15, 0.2) is 0 Å². The molecule has 84 valence electrons. The Hall–Kier alpha value is 0. The monoisotopic (exact) mass is 196 g/mol. The first kappa shape index (κ1) is 12.1. The Morgan fingerprint density at radius 3 is 1.93 bits per heavy atom. The van der Waals surface area contributed by atoms with Gasteiger partial charge in [-0.3, -0.25) is 0 Å². The van der Waals surface area contributed by atoms with Crippen LogP contribution in [-0.2, 0) is 0 Å². The zero-order valence-corrected chi connectivity index (χ0v) is 11.0. The van der Waals surface area contributed by atoms with E-state index in [4.69, 9.17) is 0 Å². The summed E-state index contributed by atoms with van der Waals surface area (Å²) in [5, 5.41) is 0. The van der Waals surface area contributed by atoms with Crippen molar-refractivity contribution in [2.24, 2.45) is 22.7 Å². The fourth-order valence-electron chi connectivity index (χ4n) is 2.93. The van der Waals surface area contributed by atoms with Crippen LogP contribution in [0.3, 0.4) is 0 Å². The molecule has 0 aromatic heterocycles. The van der Waals surface area contributed by atoms with Gasteiger partial charge in [0.25, 0.3) is 0 Å². The van der Waals surface area contributed by atoms with Gasteiger partial charge in [-0.1, -0.05) is 60.8 Å². The maximum absolute atomic E-state index is 2.43. The topological polar surface area (TPSA) is 0 Å². The summed E-state index contributed by atoms with van der Waals surface area (Å²) in [5.74, 6) is 1.90. The second-order valence-corrected chi connectivity index (χ2v) is 6.44. The van der Waals surface area contributed by atoms with Crippen molar-refractivity contribution in [2.45, 2.75) is 67.2 Å². The Kier molecular flexibility index (Phi) is 3.33. The predicted octanol–water partition coefficient (Wildman–Crippen LogP) is 4.89. The van der Waals surface area contributed by atoms with E-state index in [1.165, 1.54) is 25.7 Å². The normalized spacial score (nSPS) is 26.1. The predicted molar refractivity (Wildman–Crippen MR) is 64.4 cm³/mol. The van der Waals surface area contributed by atoms with Gasteiger partial charge in [0.05, 0.1) is 0 Å². The first-order valence-electron chi connectivity index (χ1n) is 6.34. The first-order valence-corrected chi connectivity index (χ1v) is 6.34. The average Bonchev–Trinajstić information content (AvgIpc) is 2.47. The van der Waals surface area contributed by atoms with Crippen LogP contribution >= 0.6 is 0 Å². The second kappa shape index (κ2) is 3.87. The number of hydrogen-bond acceptors (Lipinski definition) is 0. The smallest absolute Gasteiger partial charge is 0.0266 e.